The SMILES string of the molecule is CC1(C)OC(=O)c2ccccc2S1=O. The number of rotatable bonds is 0. The third-order valence-electron chi connectivity index (χ3n) is 2.09. The van der Waals surface area contributed by atoms with Crippen molar-refractivity contribution in [2.75, 3.05) is 0 Å². The summed E-state index contributed by atoms with van der Waals surface area (Å²) in [5.74, 6) is -0.398. The molecule has 0 N–H and O–H groups in total. The molecule has 0 spiro atoms. The number of benzene rings is 1. The number of carbonyl (C=O) groups is 1. The molecule has 1 aliphatic heterocycles. The number of cyclic esters (lactones) is 1. The lowest BCUT2D eigenvalue weighted by molar-refractivity contribution is 0.0258. The molecule has 1 aliphatic rings. The first-order chi connectivity index (χ1) is 6.52. The molecule has 0 aromatic heterocycles. The van der Waals surface area contributed by atoms with Crippen molar-refractivity contribution in [3.63, 3.8) is 0 Å². The molecule has 0 fully saturated rings. The summed E-state index contributed by atoms with van der Waals surface area (Å²) in [4.78, 5) is 11.1. The molecule has 74 valence electrons. The Kier molecular flexibility index (Phi) is 1.96. The van der Waals surface area contributed by atoms with Crippen LogP contribution in [-0.2, 0) is 15.5 Å². The van der Waals surface area contributed by atoms with E-state index in [0.717, 1.165) is 0 Å². The summed E-state index contributed by atoms with van der Waals surface area (Å²) in [6, 6.07) is 6.83. The molecule has 1 aromatic rings. The second kappa shape index (κ2) is 2.92. The molecular formula is C10H10O3S. The van der Waals surface area contributed by atoms with E-state index < -0.39 is 21.7 Å². The van der Waals surface area contributed by atoms with Crippen LogP contribution in [0, 0.1) is 0 Å². The van der Waals surface area contributed by atoms with Crippen molar-refractivity contribution in [2.45, 2.75) is 23.7 Å². The van der Waals surface area contributed by atoms with Crippen molar-refractivity contribution < 1.29 is 13.7 Å². The zero-order valence-corrected chi connectivity index (χ0v) is 8.76. The van der Waals surface area contributed by atoms with Gasteiger partial charge < -0.3 is 4.74 Å². The van der Waals surface area contributed by atoms with E-state index in [4.69, 9.17) is 4.74 Å². The molecule has 1 aromatic carbocycles. The van der Waals surface area contributed by atoms with E-state index in [0.29, 0.717) is 10.5 Å². The summed E-state index contributed by atoms with van der Waals surface area (Å²) >= 11 is 0. The number of ether oxygens (including phenoxy) is 1. The fourth-order valence-electron chi connectivity index (χ4n) is 1.38. The van der Waals surface area contributed by atoms with Gasteiger partial charge in [0.05, 0.1) is 21.3 Å². The predicted octanol–water partition coefficient (Wildman–Crippen LogP) is 1.70. The van der Waals surface area contributed by atoms with Gasteiger partial charge in [-0.05, 0) is 26.0 Å². The highest BCUT2D eigenvalue weighted by Gasteiger charge is 2.38. The fourth-order valence-corrected chi connectivity index (χ4v) is 2.61. The van der Waals surface area contributed by atoms with Gasteiger partial charge in [0.2, 0.25) is 0 Å². The summed E-state index contributed by atoms with van der Waals surface area (Å²) in [5.41, 5.74) is 0.408. The molecule has 0 saturated heterocycles. The number of hydrogen-bond acceptors (Lipinski definition) is 3. The lowest BCUT2D eigenvalue weighted by Crippen LogP contribution is -2.38. The van der Waals surface area contributed by atoms with Gasteiger partial charge >= 0.3 is 5.97 Å². The topological polar surface area (TPSA) is 43.4 Å². The van der Waals surface area contributed by atoms with Crippen molar-refractivity contribution in [1.29, 1.82) is 0 Å². The van der Waals surface area contributed by atoms with Crippen LogP contribution >= 0.6 is 0 Å². The monoisotopic (exact) mass is 210 g/mol. The molecule has 0 radical (unpaired) electrons. The summed E-state index contributed by atoms with van der Waals surface area (Å²) in [6.45, 7) is 3.30. The second-order valence-corrected chi connectivity index (χ2v) is 5.51. The van der Waals surface area contributed by atoms with Gasteiger partial charge in [0.1, 0.15) is 0 Å². The van der Waals surface area contributed by atoms with Crippen molar-refractivity contribution in [3.8, 4) is 0 Å². The van der Waals surface area contributed by atoms with E-state index >= 15 is 0 Å². The van der Waals surface area contributed by atoms with Crippen LogP contribution in [0.1, 0.15) is 24.2 Å². The first-order valence-electron chi connectivity index (χ1n) is 4.26. The molecule has 0 aliphatic carbocycles. The van der Waals surface area contributed by atoms with Crippen molar-refractivity contribution in [3.05, 3.63) is 29.8 Å². The molecule has 4 heteroatoms. The first kappa shape index (κ1) is 9.40. The Hall–Kier alpha value is -1.16. The van der Waals surface area contributed by atoms with Gasteiger partial charge in [-0.25, -0.2) is 4.79 Å². The van der Waals surface area contributed by atoms with Crippen LogP contribution in [0.25, 0.3) is 0 Å². The number of fused-ring (bicyclic) bond motifs is 1. The van der Waals surface area contributed by atoms with E-state index in [2.05, 4.69) is 0 Å². The number of esters is 1. The predicted molar refractivity (Wildman–Crippen MR) is 52.3 cm³/mol. The smallest absolute Gasteiger partial charge is 0.340 e. The van der Waals surface area contributed by atoms with E-state index in [1.807, 2.05) is 0 Å². The minimum absolute atomic E-state index is 0.398. The average molecular weight is 210 g/mol. The summed E-state index contributed by atoms with van der Waals surface area (Å²) in [6.07, 6.45) is 0. The maximum atomic E-state index is 11.9. The molecule has 0 amide bonds. The highest BCUT2D eigenvalue weighted by Crippen LogP contribution is 2.31. The number of carbonyl (C=O) groups excluding carboxylic acids is 1. The Labute approximate surface area is 84.5 Å². The van der Waals surface area contributed by atoms with E-state index in [1.165, 1.54) is 0 Å². The Balaban J connectivity index is 2.63. The maximum Gasteiger partial charge on any atom is 0.340 e. The van der Waals surface area contributed by atoms with Crippen LogP contribution in [0.5, 0.6) is 0 Å². The Morgan fingerprint density at radius 2 is 1.93 bits per heavy atom. The molecule has 0 bridgehead atoms. The van der Waals surface area contributed by atoms with Gasteiger partial charge in [-0.2, -0.15) is 0 Å². The third-order valence-corrected chi connectivity index (χ3v) is 3.82. The van der Waals surface area contributed by atoms with Gasteiger partial charge in [0.25, 0.3) is 0 Å². The van der Waals surface area contributed by atoms with Gasteiger partial charge in [0.15, 0.2) is 4.93 Å². The molecular weight excluding hydrogens is 200 g/mol. The van der Waals surface area contributed by atoms with Crippen molar-refractivity contribution in [2.24, 2.45) is 0 Å². The van der Waals surface area contributed by atoms with E-state index in [1.54, 1.807) is 38.1 Å². The zero-order chi connectivity index (χ0) is 10.3. The minimum Gasteiger partial charge on any atom is -0.442 e. The molecule has 1 unspecified atom stereocenters. The Bertz CT molecular complexity index is 423. The summed E-state index contributed by atoms with van der Waals surface area (Å²) in [7, 11) is -1.29. The molecule has 14 heavy (non-hydrogen) atoms. The molecule has 2 rings (SSSR count). The average Bonchev–Trinajstić information content (AvgIpc) is 2.14. The summed E-state index contributed by atoms with van der Waals surface area (Å²) < 4.78 is 17.0. The molecule has 1 atom stereocenters. The van der Waals surface area contributed by atoms with Crippen LogP contribution in [0.15, 0.2) is 29.2 Å². The zero-order valence-electron chi connectivity index (χ0n) is 7.94. The molecule has 3 nitrogen and oxygen atoms in total. The minimum atomic E-state index is -1.29. The van der Waals surface area contributed by atoms with Crippen molar-refractivity contribution >= 4 is 16.8 Å². The van der Waals surface area contributed by atoms with Crippen LogP contribution in [-0.4, -0.2) is 15.1 Å². The third kappa shape index (κ3) is 1.26. The highest BCUT2D eigenvalue weighted by atomic mass is 32.2. The quantitative estimate of drug-likeness (QED) is 0.612. The van der Waals surface area contributed by atoms with Crippen LogP contribution in [0.2, 0.25) is 0 Å². The van der Waals surface area contributed by atoms with Gasteiger partial charge in [-0.1, -0.05) is 12.1 Å². The Morgan fingerprint density at radius 3 is 2.64 bits per heavy atom. The van der Waals surface area contributed by atoms with Crippen LogP contribution in [0.3, 0.4) is 0 Å². The fraction of sp³-hybridized carbons (Fsp3) is 0.300. The Morgan fingerprint density at radius 1 is 1.29 bits per heavy atom. The van der Waals surface area contributed by atoms with Crippen LogP contribution < -0.4 is 0 Å². The van der Waals surface area contributed by atoms with Crippen molar-refractivity contribution in [1.82, 2.24) is 0 Å². The lowest BCUT2D eigenvalue weighted by atomic mass is 10.2. The number of hydrogen-bond donors (Lipinski definition) is 0. The molecule has 1 heterocycles. The maximum absolute atomic E-state index is 11.9. The van der Waals surface area contributed by atoms with Gasteiger partial charge in [-0.3, -0.25) is 4.21 Å². The normalized spacial score (nSPS) is 23.9. The summed E-state index contributed by atoms with van der Waals surface area (Å²) in [5, 5.41) is 0. The largest absolute Gasteiger partial charge is 0.442 e. The molecule has 0 saturated carbocycles. The van der Waals surface area contributed by atoms with Crippen LogP contribution in [0.4, 0.5) is 0 Å². The first-order valence-corrected chi connectivity index (χ1v) is 5.41. The van der Waals surface area contributed by atoms with Gasteiger partial charge in [0, 0.05) is 0 Å². The lowest BCUT2D eigenvalue weighted by Gasteiger charge is -2.29. The van der Waals surface area contributed by atoms with Gasteiger partial charge in [-0.15, -0.1) is 0 Å². The highest BCUT2D eigenvalue weighted by molar-refractivity contribution is 7.86. The standard InChI is InChI=1S/C10H10O3S/c1-10(2)13-9(11)7-5-3-4-6-8(7)14(10)12/h3-6H,1-2H3. The van der Waals surface area contributed by atoms with E-state index in [-0.39, 0.29) is 0 Å². The second-order valence-electron chi connectivity index (χ2n) is 3.55. The van der Waals surface area contributed by atoms with E-state index in [9.17, 15) is 9.00 Å².